The van der Waals surface area contributed by atoms with Crippen LogP contribution in [0.1, 0.15) is 187 Å². The third-order valence-corrected chi connectivity index (χ3v) is 19.8. The smallest absolute Gasteiger partial charge is 0.326 e. The highest BCUT2D eigenvalue weighted by molar-refractivity contribution is 7.86. The van der Waals surface area contributed by atoms with Gasteiger partial charge in [0, 0.05) is 92.0 Å². The molecule has 0 saturated heterocycles. The quantitative estimate of drug-likeness (QED) is 0.0143. The van der Waals surface area contributed by atoms with Crippen LogP contribution >= 0.6 is 0 Å². The molecule has 1 aliphatic carbocycles. The van der Waals surface area contributed by atoms with Crippen LogP contribution in [0.4, 0.5) is 16.2 Å². The van der Waals surface area contributed by atoms with Gasteiger partial charge >= 0.3 is 29.9 Å². The molecule has 2 heterocycles. The van der Waals surface area contributed by atoms with Crippen LogP contribution in [0.3, 0.4) is 0 Å². The zero-order valence-corrected chi connectivity index (χ0v) is 59.1. The van der Waals surface area contributed by atoms with Gasteiger partial charge in [0.2, 0.25) is 23.4 Å². The number of carbonyl (C=O) groups is 8. The Hall–Kier alpha value is -8.73. The standard InChI is InChI=1S/C72H97N7O19S2/c1-71(2)53-25-11-13-29-58(53)78(60(71)41-34-49-23-22-24-50(66(49)98-51-36-38-52(39-37-51)100(95,96)97)35-42-61-72(3,4)54-26-12-14-30-59(54)79(61)47-20-21-48-99(92,93)94)46-19-7-10-32-63(81)74-44-17-15-27-55(67(85)86)75-64(82)33-9-6-5-8-31-62(80)73-45-18-16-28-56(68(87)88)76-70(91)77-57(69(89)90)40-43-65(83)84/h11-14,25-26,29-30,34-39,41-42,55-57H,5-10,15-24,27-28,31-33,40,43-48H2,1-4H3,(H10-,73,74,75,76,77,80,81,82,83,84,85,86,87,88,89,90,91,92,93,94,95,96,97)/t55?,56-,57-/m0/s1. The number of anilines is 1. The zero-order valence-electron chi connectivity index (χ0n) is 57.4. The van der Waals surface area contributed by atoms with Crippen LogP contribution in [0.15, 0.2) is 125 Å². The van der Waals surface area contributed by atoms with E-state index in [9.17, 15) is 79.6 Å². The number of nitrogens with zero attached hydrogens (tertiary/aromatic N) is 2. The highest BCUT2D eigenvalue weighted by Gasteiger charge is 2.44. The number of unbranched alkanes of at least 4 members (excludes halogenated alkanes) is 8. The summed E-state index contributed by atoms with van der Waals surface area (Å²) in [5.41, 5.74) is 7.40. The number of carbonyl (C=O) groups excluding carboxylic acids is 4. The van der Waals surface area contributed by atoms with E-state index in [0.29, 0.717) is 115 Å². The number of para-hydroxylation sites is 2. The monoisotopic (exact) mass is 1430 g/mol. The number of amides is 5. The molecular weight excluding hydrogens is 1330 g/mol. The number of urea groups is 1. The second-order valence-electron chi connectivity index (χ2n) is 26.5. The molecule has 3 aromatic carbocycles. The predicted molar refractivity (Wildman–Crippen MR) is 374 cm³/mol. The first kappa shape index (κ1) is 80.2. The van der Waals surface area contributed by atoms with Crippen molar-refractivity contribution in [3.8, 4) is 5.75 Å². The van der Waals surface area contributed by atoms with Crippen molar-refractivity contribution < 1.29 is 94.0 Å². The van der Waals surface area contributed by atoms with E-state index in [4.69, 9.17) is 9.84 Å². The maximum absolute atomic E-state index is 13.0. The van der Waals surface area contributed by atoms with Crippen molar-refractivity contribution in [2.45, 2.75) is 209 Å². The van der Waals surface area contributed by atoms with E-state index in [2.05, 4.69) is 106 Å². The number of nitrogens with one attached hydrogen (secondary N) is 5. The lowest BCUT2D eigenvalue weighted by Crippen LogP contribution is -2.51. The molecule has 26 nitrogen and oxygen atoms in total. The van der Waals surface area contributed by atoms with Gasteiger partial charge in [0.15, 0.2) is 5.71 Å². The van der Waals surface area contributed by atoms with Gasteiger partial charge in [-0.3, -0.25) is 23.7 Å². The Morgan fingerprint density at radius 2 is 1.14 bits per heavy atom. The molecule has 2 aliphatic heterocycles. The molecule has 0 fully saturated rings. The highest BCUT2D eigenvalue weighted by atomic mass is 32.2. The van der Waals surface area contributed by atoms with E-state index >= 15 is 0 Å². The first-order valence-corrected chi connectivity index (χ1v) is 37.3. The number of carboxylic acid groups (broad SMARTS) is 4. The Morgan fingerprint density at radius 3 is 1.72 bits per heavy atom. The number of ether oxygens (including phenoxy) is 1. The van der Waals surface area contributed by atoms with Crippen LogP contribution in [0, 0.1) is 0 Å². The van der Waals surface area contributed by atoms with Crippen LogP contribution in [0.2, 0.25) is 0 Å². The predicted octanol–water partition coefficient (Wildman–Crippen LogP) is 9.43. The van der Waals surface area contributed by atoms with Gasteiger partial charge in [-0.15, -0.1) is 0 Å². The lowest BCUT2D eigenvalue weighted by atomic mass is 9.81. The summed E-state index contributed by atoms with van der Waals surface area (Å²) in [5.74, 6) is -5.43. The Balaban J connectivity index is 0.952. The third kappa shape index (κ3) is 24.9. The number of carboxylic acids is 4. The largest absolute Gasteiger partial charge is 0.748 e. The molecular formula is C72H97N7O19S2. The Labute approximate surface area is 585 Å². The van der Waals surface area contributed by atoms with Gasteiger partial charge in [-0.05, 0) is 176 Å². The summed E-state index contributed by atoms with van der Waals surface area (Å²) in [5, 5.41) is 49.9. The summed E-state index contributed by atoms with van der Waals surface area (Å²) in [7, 11) is -8.83. The van der Waals surface area contributed by atoms with Crippen LogP contribution < -0.4 is 36.2 Å². The number of aliphatic carboxylic acids is 4. The summed E-state index contributed by atoms with van der Waals surface area (Å²) < 4.78 is 77.3. The fourth-order valence-electron chi connectivity index (χ4n) is 12.7. The maximum atomic E-state index is 13.0. The van der Waals surface area contributed by atoms with Gasteiger partial charge in [-0.1, -0.05) is 69.2 Å². The van der Waals surface area contributed by atoms with E-state index in [0.717, 1.165) is 64.3 Å². The van der Waals surface area contributed by atoms with E-state index in [1.165, 1.54) is 24.3 Å². The molecule has 0 radical (unpaired) electrons. The highest BCUT2D eigenvalue weighted by Crippen LogP contribution is 2.48. The first-order valence-electron chi connectivity index (χ1n) is 34.3. The lowest BCUT2D eigenvalue weighted by molar-refractivity contribution is -0.438. The molecule has 10 N–H and O–H groups in total. The van der Waals surface area contributed by atoms with Crippen LogP contribution in [-0.2, 0) is 64.6 Å². The normalized spacial score (nSPS) is 16.6. The molecule has 0 aromatic heterocycles. The topological polar surface area (TPSA) is 405 Å². The average Bonchev–Trinajstić information content (AvgIpc) is 1.60. The Morgan fingerprint density at radius 1 is 0.590 bits per heavy atom. The van der Waals surface area contributed by atoms with Crippen molar-refractivity contribution >= 4 is 85.0 Å². The number of rotatable bonds is 43. The summed E-state index contributed by atoms with van der Waals surface area (Å²) in [4.78, 5) is 98.0. The fraction of sp³-hybridized carbons (Fsp3) is 0.514. The molecule has 3 aromatic rings. The molecule has 546 valence electrons. The van der Waals surface area contributed by atoms with E-state index in [1.807, 2.05) is 30.3 Å². The molecule has 1 unspecified atom stereocenters. The molecule has 100 heavy (non-hydrogen) atoms. The minimum absolute atomic E-state index is 0.0117. The minimum atomic E-state index is -4.46. The van der Waals surface area contributed by atoms with Gasteiger partial charge in [-0.25, -0.2) is 27.6 Å². The maximum Gasteiger partial charge on any atom is 0.326 e. The van der Waals surface area contributed by atoms with E-state index < -0.39 is 104 Å². The summed E-state index contributed by atoms with van der Waals surface area (Å²) >= 11 is 0. The van der Waals surface area contributed by atoms with Gasteiger partial charge in [0.25, 0.3) is 10.1 Å². The summed E-state index contributed by atoms with van der Waals surface area (Å²) in [6, 6.07) is 16.9. The molecule has 28 heteroatoms. The minimum Gasteiger partial charge on any atom is -0.748 e. The molecule has 5 amide bonds. The van der Waals surface area contributed by atoms with Gasteiger partial charge in [0.1, 0.15) is 36.2 Å². The Bertz CT molecular complexity index is 3800. The SMILES string of the molecule is CC1(C)C(/C=C/C2=C(Oc3ccc(S(=O)(=O)O)cc3)C(=C/C=C3/N(CCCCS(=O)(=O)[O-])c4ccccc4C3(C)C)/CCC2)=[N+](CCCCCC(=O)NCCCCC(NC(=O)CCCCCCC(=O)NCCCC[C@H](NC(=O)N[C@@H](CCC(=O)O)C(=O)O)C(=O)O)C(=O)O)c2ccccc21. The van der Waals surface area contributed by atoms with Crippen molar-refractivity contribution in [3.05, 3.63) is 131 Å². The number of benzene rings is 3. The van der Waals surface area contributed by atoms with Crippen molar-refractivity contribution in [1.82, 2.24) is 26.6 Å². The second kappa shape index (κ2) is 38.2. The summed E-state index contributed by atoms with van der Waals surface area (Å²) in [6.45, 7) is 10.4. The number of allylic oxidation sites excluding steroid dienone is 7. The molecule has 3 atom stereocenters. The van der Waals surface area contributed by atoms with E-state index in [-0.39, 0.29) is 55.4 Å². The van der Waals surface area contributed by atoms with Crippen molar-refractivity contribution in [3.63, 3.8) is 0 Å². The number of fused-ring (bicyclic) bond motifs is 2. The number of hydrogen-bond acceptors (Lipinski definition) is 15. The van der Waals surface area contributed by atoms with Crippen LogP contribution in [-0.4, -0.2) is 154 Å². The van der Waals surface area contributed by atoms with Gasteiger partial charge in [-0.2, -0.15) is 13.0 Å². The summed E-state index contributed by atoms with van der Waals surface area (Å²) in [6.07, 6.45) is 17.3. The van der Waals surface area contributed by atoms with Crippen LogP contribution in [0.25, 0.3) is 0 Å². The van der Waals surface area contributed by atoms with E-state index in [1.54, 1.807) is 0 Å². The molecule has 0 spiro atoms. The zero-order chi connectivity index (χ0) is 73.2. The molecule has 3 aliphatic rings. The van der Waals surface area contributed by atoms with Gasteiger partial charge < -0.3 is 61.2 Å². The first-order chi connectivity index (χ1) is 47.4. The molecule has 0 bridgehead atoms. The van der Waals surface area contributed by atoms with Gasteiger partial charge in [0.05, 0.1) is 20.4 Å². The lowest BCUT2D eigenvalue weighted by Gasteiger charge is -2.27. The Kier molecular flexibility index (Phi) is 30.6. The number of hydrogen-bond donors (Lipinski definition) is 10. The second-order valence-corrected chi connectivity index (χ2v) is 29.4. The third-order valence-electron chi connectivity index (χ3n) is 18.1. The average molecular weight is 1430 g/mol. The molecule has 6 rings (SSSR count). The van der Waals surface area contributed by atoms with Crippen LogP contribution in [0.5, 0.6) is 5.75 Å². The fourth-order valence-corrected chi connectivity index (χ4v) is 13.8. The van der Waals surface area contributed by atoms with Crippen molar-refractivity contribution in [2.75, 3.05) is 36.8 Å². The van der Waals surface area contributed by atoms with Crippen molar-refractivity contribution in [2.24, 2.45) is 0 Å². The van der Waals surface area contributed by atoms with Crippen molar-refractivity contribution in [1.29, 1.82) is 0 Å². The molecule has 0 saturated carbocycles.